The van der Waals surface area contributed by atoms with Crippen LogP contribution in [0.15, 0.2) is 29.2 Å². The number of alkyl halides is 3. The van der Waals surface area contributed by atoms with Gasteiger partial charge in [0, 0.05) is 6.54 Å². The number of benzene rings is 2. The molecule has 0 atom stereocenters. The molecule has 1 heterocycles. The number of hydrogen-bond donors (Lipinski definition) is 0. The van der Waals surface area contributed by atoms with Crippen LogP contribution in [0.4, 0.5) is 28.9 Å². The molecular formula is C17H10Cl2F4N2O2S. The maximum atomic E-state index is 13.6. The summed E-state index contributed by atoms with van der Waals surface area (Å²) in [5.74, 6) is -0.541. The van der Waals surface area contributed by atoms with E-state index in [1.165, 1.54) is 17.0 Å². The predicted molar refractivity (Wildman–Crippen MR) is 96.1 cm³/mol. The summed E-state index contributed by atoms with van der Waals surface area (Å²) in [4.78, 5) is 0.312. The van der Waals surface area contributed by atoms with Crippen LogP contribution in [0.2, 0.25) is 10.0 Å². The van der Waals surface area contributed by atoms with Crippen LogP contribution in [0.5, 0.6) is 0 Å². The normalized spacial score (nSPS) is 14.5. The summed E-state index contributed by atoms with van der Waals surface area (Å²) >= 11 is 12.3. The Morgan fingerprint density at radius 3 is 2.46 bits per heavy atom. The first-order valence-electron chi connectivity index (χ1n) is 7.78. The molecule has 1 aliphatic heterocycles. The minimum Gasteiger partial charge on any atom is -0.339 e. The monoisotopic (exact) mass is 452 g/mol. The summed E-state index contributed by atoms with van der Waals surface area (Å²) in [6.45, 7) is 0.342. The van der Waals surface area contributed by atoms with Crippen molar-refractivity contribution >= 4 is 44.4 Å². The molecule has 0 bridgehead atoms. The van der Waals surface area contributed by atoms with Crippen molar-refractivity contribution in [1.82, 2.24) is 0 Å². The average Bonchev–Trinajstić information content (AvgIpc) is 2.59. The number of sulfone groups is 1. The molecule has 0 radical (unpaired) electrons. The Morgan fingerprint density at radius 1 is 1.18 bits per heavy atom. The van der Waals surface area contributed by atoms with E-state index in [-0.39, 0.29) is 10.7 Å². The van der Waals surface area contributed by atoms with E-state index in [9.17, 15) is 31.2 Å². The van der Waals surface area contributed by atoms with Gasteiger partial charge in [-0.3, -0.25) is 0 Å². The highest BCUT2D eigenvalue weighted by molar-refractivity contribution is 7.92. The Morgan fingerprint density at radius 2 is 1.86 bits per heavy atom. The van der Waals surface area contributed by atoms with Crippen LogP contribution in [0.25, 0.3) is 0 Å². The van der Waals surface area contributed by atoms with Gasteiger partial charge in [0.15, 0.2) is 0 Å². The highest BCUT2D eigenvalue weighted by Gasteiger charge is 2.48. The Balaban J connectivity index is 2.22. The molecule has 0 aliphatic carbocycles. The smallest absolute Gasteiger partial charge is 0.339 e. The number of fused-ring (bicyclic) bond motifs is 1. The summed E-state index contributed by atoms with van der Waals surface area (Å²) in [5, 5.41) is 8.89. The molecule has 0 amide bonds. The quantitative estimate of drug-likeness (QED) is 0.573. The largest absolute Gasteiger partial charge is 0.501 e. The van der Waals surface area contributed by atoms with Gasteiger partial charge in [0.25, 0.3) is 9.84 Å². The second-order valence-electron chi connectivity index (χ2n) is 5.98. The lowest BCUT2D eigenvalue weighted by molar-refractivity contribution is -0.0436. The van der Waals surface area contributed by atoms with Crippen LogP contribution in [0, 0.1) is 17.1 Å². The molecule has 28 heavy (non-hydrogen) atoms. The van der Waals surface area contributed by atoms with Crippen LogP contribution in [0.3, 0.4) is 0 Å². The first-order valence-corrected chi connectivity index (χ1v) is 10.0. The van der Waals surface area contributed by atoms with Crippen LogP contribution >= 0.6 is 23.2 Å². The van der Waals surface area contributed by atoms with Crippen LogP contribution in [0.1, 0.15) is 17.5 Å². The van der Waals surface area contributed by atoms with E-state index < -0.39 is 36.6 Å². The van der Waals surface area contributed by atoms with Crippen LogP contribution in [-0.2, 0) is 16.3 Å². The Kier molecular flexibility index (Phi) is 5.25. The van der Waals surface area contributed by atoms with E-state index in [2.05, 4.69) is 0 Å². The molecule has 148 valence electrons. The molecule has 4 nitrogen and oxygen atoms in total. The van der Waals surface area contributed by atoms with E-state index in [0.717, 1.165) is 12.1 Å². The zero-order valence-corrected chi connectivity index (χ0v) is 16.1. The maximum Gasteiger partial charge on any atom is 0.501 e. The van der Waals surface area contributed by atoms with Gasteiger partial charge >= 0.3 is 5.51 Å². The Bertz CT molecular complexity index is 1110. The third kappa shape index (κ3) is 3.30. The number of nitrogens with zero attached hydrogens (tertiary/aromatic N) is 2. The molecule has 0 N–H and O–H groups in total. The summed E-state index contributed by atoms with van der Waals surface area (Å²) in [6.07, 6.45) is 1.08. The van der Waals surface area contributed by atoms with Crippen molar-refractivity contribution in [2.24, 2.45) is 0 Å². The van der Waals surface area contributed by atoms with Gasteiger partial charge in [-0.05, 0) is 42.7 Å². The van der Waals surface area contributed by atoms with Crippen molar-refractivity contribution < 1.29 is 26.0 Å². The fourth-order valence-corrected chi connectivity index (χ4v) is 4.71. The minimum absolute atomic E-state index is 0.0660. The number of aryl methyl sites for hydroxylation is 1. The molecule has 0 saturated carbocycles. The standard InChI is InChI=1S/C17H10Cl2F4N2O2S/c18-12-7-10(20)6-9-2-1-5-25(16(9)12)13-3-4-14(11(8-24)15(13)19)28(26,27)17(21,22)23/h3-4,6-7H,1-2,5H2. The second kappa shape index (κ2) is 7.10. The fourth-order valence-electron chi connectivity index (χ4n) is 3.10. The molecule has 0 unspecified atom stereocenters. The first kappa shape index (κ1) is 20.7. The third-order valence-electron chi connectivity index (χ3n) is 4.29. The first-order chi connectivity index (χ1) is 13.0. The highest BCUT2D eigenvalue weighted by Crippen LogP contribution is 2.44. The molecule has 0 aromatic heterocycles. The number of halogens is 6. The van der Waals surface area contributed by atoms with Crippen molar-refractivity contribution in [2.45, 2.75) is 23.2 Å². The Hall–Kier alpha value is -2.02. The van der Waals surface area contributed by atoms with Gasteiger partial charge in [0.2, 0.25) is 0 Å². The molecule has 11 heteroatoms. The van der Waals surface area contributed by atoms with Gasteiger partial charge in [-0.1, -0.05) is 23.2 Å². The van der Waals surface area contributed by atoms with Crippen molar-refractivity contribution in [3.63, 3.8) is 0 Å². The van der Waals surface area contributed by atoms with Gasteiger partial charge in [-0.25, -0.2) is 12.8 Å². The fraction of sp³-hybridized carbons (Fsp3) is 0.235. The average molecular weight is 453 g/mol. The highest BCUT2D eigenvalue weighted by atomic mass is 35.5. The van der Waals surface area contributed by atoms with E-state index in [0.29, 0.717) is 36.7 Å². The van der Waals surface area contributed by atoms with E-state index in [4.69, 9.17) is 23.2 Å². The molecule has 0 fully saturated rings. The van der Waals surface area contributed by atoms with Crippen molar-refractivity contribution in [1.29, 1.82) is 5.26 Å². The van der Waals surface area contributed by atoms with Crippen molar-refractivity contribution in [2.75, 3.05) is 11.4 Å². The number of hydrogen-bond acceptors (Lipinski definition) is 4. The lowest BCUT2D eigenvalue weighted by atomic mass is 10.0. The summed E-state index contributed by atoms with van der Waals surface area (Å²) in [6, 6.07) is 5.58. The second-order valence-corrected chi connectivity index (χ2v) is 8.68. The SMILES string of the molecule is N#Cc1c(S(=O)(=O)C(F)(F)F)ccc(N2CCCc3cc(F)cc(Cl)c32)c1Cl. The predicted octanol–water partition coefficient (Wildman–Crippen LogP) is 5.38. The zero-order valence-electron chi connectivity index (χ0n) is 13.8. The van der Waals surface area contributed by atoms with Gasteiger partial charge < -0.3 is 4.90 Å². The van der Waals surface area contributed by atoms with E-state index in [1.807, 2.05) is 0 Å². The Labute approximate surface area is 167 Å². The van der Waals surface area contributed by atoms with Gasteiger partial charge in [-0.15, -0.1) is 0 Å². The van der Waals surface area contributed by atoms with Gasteiger partial charge in [0.1, 0.15) is 11.9 Å². The molecule has 0 spiro atoms. The number of nitriles is 1. The lowest BCUT2D eigenvalue weighted by Crippen LogP contribution is -2.27. The molecule has 1 aliphatic rings. The van der Waals surface area contributed by atoms with Gasteiger partial charge in [0.05, 0.1) is 31.9 Å². The minimum atomic E-state index is -5.76. The summed E-state index contributed by atoms with van der Waals surface area (Å²) in [5.41, 5.74) is -5.32. The molecule has 2 aromatic rings. The topological polar surface area (TPSA) is 61.2 Å². The van der Waals surface area contributed by atoms with Crippen molar-refractivity contribution in [3.8, 4) is 6.07 Å². The number of anilines is 2. The molecule has 0 saturated heterocycles. The lowest BCUT2D eigenvalue weighted by Gasteiger charge is -2.33. The summed E-state index contributed by atoms with van der Waals surface area (Å²) in [7, 11) is -5.76. The number of rotatable bonds is 2. The third-order valence-corrected chi connectivity index (χ3v) is 6.48. The van der Waals surface area contributed by atoms with Crippen LogP contribution < -0.4 is 4.90 Å². The van der Waals surface area contributed by atoms with Gasteiger partial charge in [-0.2, -0.15) is 18.4 Å². The van der Waals surface area contributed by atoms with E-state index in [1.54, 1.807) is 0 Å². The van der Waals surface area contributed by atoms with Crippen LogP contribution in [-0.4, -0.2) is 20.5 Å². The zero-order chi connectivity index (χ0) is 20.9. The molecule has 2 aromatic carbocycles. The summed E-state index contributed by atoms with van der Waals surface area (Å²) < 4.78 is 75.9. The van der Waals surface area contributed by atoms with E-state index >= 15 is 0 Å². The van der Waals surface area contributed by atoms with Crippen molar-refractivity contribution in [3.05, 3.63) is 51.3 Å². The molecular weight excluding hydrogens is 443 g/mol. The molecule has 3 rings (SSSR count). The maximum absolute atomic E-state index is 13.6.